The van der Waals surface area contributed by atoms with Crippen LogP contribution in [-0.4, -0.2) is 36.0 Å². The van der Waals surface area contributed by atoms with Gasteiger partial charge in [0.1, 0.15) is 17.2 Å². The predicted molar refractivity (Wildman–Crippen MR) is 159 cm³/mol. The quantitative estimate of drug-likeness (QED) is 0.193. The van der Waals surface area contributed by atoms with Gasteiger partial charge in [0.05, 0.1) is 12.6 Å². The molecule has 2 heterocycles. The molecule has 0 saturated carbocycles. The zero-order valence-electron chi connectivity index (χ0n) is 22.3. The van der Waals surface area contributed by atoms with Crippen molar-refractivity contribution in [1.29, 1.82) is 0 Å². The van der Waals surface area contributed by atoms with Crippen LogP contribution in [0.3, 0.4) is 0 Å². The highest BCUT2D eigenvalue weighted by atomic mass is 35.5. The first-order valence-corrected chi connectivity index (χ1v) is 14.1. The molecule has 2 aliphatic heterocycles. The maximum atomic E-state index is 14.8. The number of para-hydroxylation sites is 1. The summed E-state index contributed by atoms with van der Waals surface area (Å²) in [6.07, 6.45) is 3.81. The molecule has 3 atom stereocenters. The second-order valence-electron chi connectivity index (χ2n) is 10.6. The van der Waals surface area contributed by atoms with Gasteiger partial charge in [-0.2, -0.15) is 0 Å². The van der Waals surface area contributed by atoms with E-state index in [1.165, 1.54) is 0 Å². The minimum absolute atomic E-state index is 0.170. The maximum Gasteiger partial charge on any atom is 0.185 e. The summed E-state index contributed by atoms with van der Waals surface area (Å²) in [5, 5.41) is 0.561. The van der Waals surface area contributed by atoms with Crippen molar-refractivity contribution < 1.29 is 19.1 Å². The van der Waals surface area contributed by atoms with Gasteiger partial charge in [0.15, 0.2) is 17.3 Å². The van der Waals surface area contributed by atoms with Crippen molar-refractivity contribution >= 4 is 40.7 Å². The van der Waals surface area contributed by atoms with E-state index < -0.39 is 23.4 Å². The summed E-state index contributed by atoms with van der Waals surface area (Å²) < 4.78 is 6.08. The number of benzene rings is 4. The van der Waals surface area contributed by atoms with Gasteiger partial charge in [-0.1, -0.05) is 96.5 Å². The fourth-order valence-corrected chi connectivity index (χ4v) is 7.27. The Morgan fingerprint density at radius 1 is 0.878 bits per heavy atom. The molecule has 7 rings (SSSR count). The number of hydrogen-bond acceptors (Lipinski definition) is 5. The fourth-order valence-electron chi connectivity index (χ4n) is 7.09. The lowest BCUT2D eigenvalue weighted by molar-refractivity contribution is 0.0664. The number of nitrogens with zero attached hydrogens (tertiary/aromatic N) is 1. The summed E-state index contributed by atoms with van der Waals surface area (Å²) in [5.74, 6) is -0.982. The molecule has 3 aliphatic rings. The maximum absolute atomic E-state index is 14.8. The molecule has 41 heavy (non-hydrogen) atoms. The molecule has 5 nitrogen and oxygen atoms in total. The second kappa shape index (κ2) is 9.57. The molecule has 202 valence electrons. The van der Waals surface area contributed by atoms with Crippen molar-refractivity contribution in [2.45, 2.75) is 24.9 Å². The van der Waals surface area contributed by atoms with Crippen molar-refractivity contribution in [1.82, 2.24) is 0 Å². The van der Waals surface area contributed by atoms with E-state index in [1.807, 2.05) is 78.6 Å². The number of carbonyl (C=O) groups is 3. The van der Waals surface area contributed by atoms with Crippen molar-refractivity contribution in [3.63, 3.8) is 0 Å². The monoisotopic (exact) mass is 559 g/mol. The molecule has 1 saturated heterocycles. The van der Waals surface area contributed by atoms with Gasteiger partial charge in [-0.05, 0) is 36.8 Å². The van der Waals surface area contributed by atoms with Crippen LogP contribution in [0.2, 0.25) is 5.02 Å². The number of rotatable bonds is 5. The Kier molecular flexibility index (Phi) is 5.95. The van der Waals surface area contributed by atoms with Gasteiger partial charge in [0, 0.05) is 38.9 Å². The highest BCUT2D eigenvalue weighted by molar-refractivity contribution is 6.32. The van der Waals surface area contributed by atoms with Crippen LogP contribution >= 0.6 is 11.6 Å². The van der Waals surface area contributed by atoms with E-state index in [1.54, 1.807) is 42.5 Å². The van der Waals surface area contributed by atoms with Crippen LogP contribution in [0.5, 0.6) is 5.75 Å². The van der Waals surface area contributed by atoms with E-state index in [0.717, 1.165) is 11.3 Å². The average molecular weight is 560 g/mol. The third-order valence-electron chi connectivity index (χ3n) is 8.65. The first-order chi connectivity index (χ1) is 20.0. The lowest BCUT2D eigenvalue weighted by Crippen LogP contribution is -2.48. The number of anilines is 1. The Labute approximate surface area is 243 Å². The van der Waals surface area contributed by atoms with Gasteiger partial charge in [-0.15, -0.1) is 0 Å². The molecule has 4 aromatic carbocycles. The minimum atomic E-state index is -1.58. The van der Waals surface area contributed by atoms with Gasteiger partial charge in [0.25, 0.3) is 0 Å². The fraction of sp³-hybridized carbons (Fsp3) is 0.171. The van der Waals surface area contributed by atoms with Gasteiger partial charge in [-0.3, -0.25) is 14.4 Å². The molecular weight excluding hydrogens is 534 g/mol. The smallest absolute Gasteiger partial charge is 0.185 e. The molecule has 1 spiro atoms. The molecule has 4 aromatic rings. The zero-order valence-corrected chi connectivity index (χ0v) is 23.0. The lowest BCUT2D eigenvalue weighted by atomic mass is 9.64. The van der Waals surface area contributed by atoms with Crippen LogP contribution in [-0.2, 0) is 0 Å². The Hall–Kier alpha value is -4.48. The Balaban J connectivity index is 1.57. The standard InChI is InChI=1S/C35H26ClNO4/c1-2-41-28-15-9-8-14-26(28)30-31(32(38)21-10-4-3-5-11-21)37-27-18-17-23(36)20-22(27)16-19-29(37)35(30)33(39)24-12-6-7-13-25(24)34(35)40/h3-20,29-31H,2H2,1H3/t29-,30+,31+/m1/s1. The number of Topliss-reactive ketones (excluding diaryl/α,β-unsaturated/α-hetero) is 3. The van der Waals surface area contributed by atoms with Gasteiger partial charge in [0.2, 0.25) is 0 Å². The van der Waals surface area contributed by atoms with E-state index >= 15 is 0 Å². The summed E-state index contributed by atoms with van der Waals surface area (Å²) in [6, 6.07) is 27.4. The van der Waals surface area contributed by atoms with Crippen molar-refractivity contribution in [3.8, 4) is 5.75 Å². The van der Waals surface area contributed by atoms with E-state index in [4.69, 9.17) is 16.3 Å². The van der Waals surface area contributed by atoms with Crippen LogP contribution in [0.1, 0.15) is 55.0 Å². The molecule has 0 bridgehead atoms. The second-order valence-corrected chi connectivity index (χ2v) is 11.0. The molecular formula is C35H26ClNO4. The largest absolute Gasteiger partial charge is 0.494 e. The Morgan fingerprint density at radius 2 is 1.54 bits per heavy atom. The third kappa shape index (κ3) is 3.52. The molecule has 0 radical (unpaired) electrons. The number of ketones is 3. The number of carbonyl (C=O) groups excluding carboxylic acids is 3. The summed E-state index contributed by atoms with van der Waals surface area (Å²) in [4.78, 5) is 46.2. The van der Waals surface area contributed by atoms with Gasteiger partial charge >= 0.3 is 0 Å². The average Bonchev–Trinajstić information content (AvgIpc) is 3.43. The van der Waals surface area contributed by atoms with Crippen molar-refractivity contribution in [2.75, 3.05) is 11.5 Å². The Bertz CT molecular complexity index is 1730. The van der Waals surface area contributed by atoms with Crippen LogP contribution in [0.15, 0.2) is 103 Å². The number of halogens is 1. The van der Waals surface area contributed by atoms with E-state index in [2.05, 4.69) is 0 Å². The van der Waals surface area contributed by atoms with Crippen molar-refractivity contribution in [3.05, 3.63) is 136 Å². The number of fused-ring (bicyclic) bond motifs is 5. The lowest BCUT2D eigenvalue weighted by Gasteiger charge is -2.37. The van der Waals surface area contributed by atoms with E-state index in [-0.39, 0.29) is 17.3 Å². The summed E-state index contributed by atoms with van der Waals surface area (Å²) >= 11 is 6.38. The minimum Gasteiger partial charge on any atom is -0.494 e. The van der Waals surface area contributed by atoms with Gasteiger partial charge < -0.3 is 9.64 Å². The highest BCUT2D eigenvalue weighted by Gasteiger charge is 2.71. The molecule has 0 N–H and O–H groups in total. The molecule has 1 aliphatic carbocycles. The first kappa shape index (κ1) is 25.5. The van der Waals surface area contributed by atoms with Gasteiger partial charge in [-0.25, -0.2) is 0 Å². The van der Waals surface area contributed by atoms with Crippen LogP contribution in [0.4, 0.5) is 5.69 Å². The van der Waals surface area contributed by atoms with Crippen molar-refractivity contribution in [2.24, 2.45) is 5.41 Å². The normalized spacial score (nSPS) is 21.5. The SMILES string of the molecule is CCOc1ccccc1[C@H]1[C@@H](C(=O)c2ccccc2)N2c3ccc(Cl)cc3C=C[C@@H]2C12C(=O)c1ccccc1C2=O. The van der Waals surface area contributed by atoms with Crippen LogP contribution < -0.4 is 9.64 Å². The number of ether oxygens (including phenoxy) is 1. The Morgan fingerprint density at radius 3 is 2.24 bits per heavy atom. The topological polar surface area (TPSA) is 63.7 Å². The van der Waals surface area contributed by atoms with E-state index in [9.17, 15) is 14.4 Å². The molecule has 0 amide bonds. The summed E-state index contributed by atoms with van der Waals surface area (Å²) in [6.45, 7) is 2.28. The molecule has 0 unspecified atom stereocenters. The van der Waals surface area contributed by atoms with Crippen LogP contribution in [0, 0.1) is 5.41 Å². The zero-order chi connectivity index (χ0) is 28.3. The van der Waals surface area contributed by atoms with Crippen LogP contribution in [0.25, 0.3) is 6.08 Å². The first-order valence-electron chi connectivity index (χ1n) is 13.7. The molecule has 0 aromatic heterocycles. The summed E-state index contributed by atoms with van der Waals surface area (Å²) in [7, 11) is 0. The van der Waals surface area contributed by atoms with E-state index in [0.29, 0.717) is 39.6 Å². The third-order valence-corrected chi connectivity index (χ3v) is 8.88. The summed E-state index contributed by atoms with van der Waals surface area (Å²) in [5.41, 5.74) is 1.94. The predicted octanol–water partition coefficient (Wildman–Crippen LogP) is 7.06. The highest BCUT2D eigenvalue weighted by Crippen LogP contribution is 2.62. The molecule has 1 fully saturated rings. The number of hydrogen-bond donors (Lipinski definition) is 0. The molecule has 6 heteroatoms.